The number of hydrogen-bond donors (Lipinski definition) is 0. The Morgan fingerprint density at radius 3 is 2.55 bits per heavy atom. The lowest BCUT2D eigenvalue weighted by Gasteiger charge is -2.50. The molecule has 0 fully saturated rings. The molecule has 0 aliphatic carbocycles. The van der Waals surface area contributed by atoms with Crippen molar-refractivity contribution in [3.8, 4) is 5.75 Å². The van der Waals surface area contributed by atoms with Gasteiger partial charge in [-0.15, -0.1) is 0 Å². The summed E-state index contributed by atoms with van der Waals surface area (Å²) >= 11 is 0. The Bertz CT molecular complexity index is 520. The Balaban J connectivity index is 2.67. The zero-order chi connectivity index (χ0) is 15.1. The third-order valence-electron chi connectivity index (χ3n) is 4.27. The molecule has 3 heteroatoms. The molecule has 0 amide bonds. The zero-order valence-electron chi connectivity index (χ0n) is 13.4. The Kier molecular flexibility index (Phi) is 3.81. The monoisotopic (exact) mass is 275 g/mol. The standard InChI is InChI=1S/C17H25NO2/c1-11(2)18-15-8-16(20-6)13(10-19)7-14(15)12(3)9-17(18,4)5/h7-8,10-12H,9H2,1-6H3. The van der Waals surface area contributed by atoms with Crippen molar-refractivity contribution in [3.05, 3.63) is 23.3 Å². The van der Waals surface area contributed by atoms with Crippen molar-refractivity contribution in [2.75, 3.05) is 12.0 Å². The highest BCUT2D eigenvalue weighted by Crippen LogP contribution is 2.46. The van der Waals surface area contributed by atoms with Crippen LogP contribution >= 0.6 is 0 Å². The van der Waals surface area contributed by atoms with Crippen LogP contribution in [0.25, 0.3) is 0 Å². The summed E-state index contributed by atoms with van der Waals surface area (Å²) in [5.74, 6) is 1.11. The van der Waals surface area contributed by atoms with Gasteiger partial charge in [-0.1, -0.05) is 6.92 Å². The van der Waals surface area contributed by atoms with Gasteiger partial charge in [0.15, 0.2) is 6.29 Å². The van der Waals surface area contributed by atoms with Crippen molar-refractivity contribution in [1.29, 1.82) is 0 Å². The third kappa shape index (κ3) is 2.30. The number of nitrogens with zero attached hydrogens (tertiary/aromatic N) is 1. The number of fused-ring (bicyclic) bond motifs is 1. The van der Waals surface area contributed by atoms with E-state index in [1.807, 2.05) is 12.1 Å². The fraction of sp³-hybridized carbons (Fsp3) is 0.588. The Morgan fingerprint density at radius 2 is 2.05 bits per heavy atom. The minimum Gasteiger partial charge on any atom is -0.496 e. The van der Waals surface area contributed by atoms with E-state index in [0.717, 1.165) is 12.7 Å². The molecule has 0 bridgehead atoms. The lowest BCUT2D eigenvalue weighted by molar-refractivity contribution is 0.112. The number of hydrogen-bond acceptors (Lipinski definition) is 3. The fourth-order valence-electron chi connectivity index (χ4n) is 3.74. The predicted octanol–water partition coefficient (Wildman–Crippen LogP) is 4.01. The summed E-state index contributed by atoms with van der Waals surface area (Å²) in [4.78, 5) is 13.7. The van der Waals surface area contributed by atoms with Crippen molar-refractivity contribution in [2.45, 2.75) is 58.5 Å². The minimum atomic E-state index is 0.105. The quantitative estimate of drug-likeness (QED) is 0.781. The fourth-order valence-corrected chi connectivity index (χ4v) is 3.74. The molecule has 3 nitrogen and oxygen atoms in total. The maximum atomic E-state index is 11.2. The van der Waals surface area contributed by atoms with Crippen LogP contribution in [0.4, 0.5) is 5.69 Å². The molecule has 110 valence electrons. The minimum absolute atomic E-state index is 0.105. The molecular formula is C17H25NO2. The van der Waals surface area contributed by atoms with Crippen LogP contribution in [-0.4, -0.2) is 25.0 Å². The SMILES string of the molecule is COc1cc2c(cc1C=O)C(C)CC(C)(C)N2C(C)C. The molecule has 1 heterocycles. The zero-order valence-corrected chi connectivity index (χ0v) is 13.4. The summed E-state index contributed by atoms with van der Waals surface area (Å²) in [6.07, 6.45) is 1.97. The highest BCUT2D eigenvalue weighted by atomic mass is 16.5. The van der Waals surface area contributed by atoms with E-state index in [4.69, 9.17) is 4.74 Å². The van der Waals surface area contributed by atoms with Crippen LogP contribution in [0.1, 0.15) is 62.9 Å². The normalized spacial score (nSPS) is 20.8. The second-order valence-corrected chi connectivity index (χ2v) is 6.65. The molecule has 1 atom stereocenters. The van der Waals surface area contributed by atoms with Gasteiger partial charge in [-0.3, -0.25) is 4.79 Å². The van der Waals surface area contributed by atoms with Gasteiger partial charge in [0.25, 0.3) is 0 Å². The number of anilines is 1. The molecule has 0 aromatic heterocycles. The molecule has 20 heavy (non-hydrogen) atoms. The average molecular weight is 275 g/mol. The van der Waals surface area contributed by atoms with E-state index in [9.17, 15) is 4.79 Å². The number of aldehydes is 1. The summed E-state index contributed by atoms with van der Waals surface area (Å²) in [7, 11) is 1.62. The van der Waals surface area contributed by atoms with Crippen LogP contribution in [0.2, 0.25) is 0 Å². The van der Waals surface area contributed by atoms with E-state index in [1.54, 1.807) is 7.11 Å². The maximum absolute atomic E-state index is 11.2. The molecule has 0 N–H and O–H groups in total. The number of carbonyl (C=O) groups is 1. The van der Waals surface area contributed by atoms with Crippen LogP contribution in [0, 0.1) is 0 Å². The lowest BCUT2D eigenvalue weighted by Crippen LogP contribution is -2.51. The number of carbonyl (C=O) groups excluding carboxylic acids is 1. The highest BCUT2D eigenvalue weighted by Gasteiger charge is 2.38. The molecule has 1 aliphatic rings. The van der Waals surface area contributed by atoms with Gasteiger partial charge in [-0.05, 0) is 51.7 Å². The van der Waals surface area contributed by atoms with Gasteiger partial charge in [0.1, 0.15) is 5.75 Å². The molecule has 1 aliphatic heterocycles. The van der Waals surface area contributed by atoms with Crippen LogP contribution in [0.3, 0.4) is 0 Å². The van der Waals surface area contributed by atoms with Gasteiger partial charge < -0.3 is 9.64 Å². The van der Waals surface area contributed by atoms with Crippen molar-refractivity contribution < 1.29 is 9.53 Å². The van der Waals surface area contributed by atoms with E-state index >= 15 is 0 Å². The molecular weight excluding hydrogens is 250 g/mol. The largest absolute Gasteiger partial charge is 0.496 e. The van der Waals surface area contributed by atoms with Crippen molar-refractivity contribution in [3.63, 3.8) is 0 Å². The second-order valence-electron chi connectivity index (χ2n) is 6.65. The molecule has 0 saturated carbocycles. The van der Waals surface area contributed by atoms with Gasteiger partial charge in [-0.25, -0.2) is 0 Å². The molecule has 0 spiro atoms. The number of methoxy groups -OCH3 is 1. The first-order valence-corrected chi connectivity index (χ1v) is 7.28. The van der Waals surface area contributed by atoms with Gasteiger partial charge in [-0.2, -0.15) is 0 Å². The van der Waals surface area contributed by atoms with E-state index in [0.29, 0.717) is 23.3 Å². The highest BCUT2D eigenvalue weighted by molar-refractivity contribution is 5.82. The smallest absolute Gasteiger partial charge is 0.153 e. The maximum Gasteiger partial charge on any atom is 0.153 e. The predicted molar refractivity (Wildman–Crippen MR) is 83.1 cm³/mol. The van der Waals surface area contributed by atoms with Crippen LogP contribution in [-0.2, 0) is 0 Å². The van der Waals surface area contributed by atoms with Crippen LogP contribution in [0.5, 0.6) is 5.75 Å². The van der Waals surface area contributed by atoms with Crippen molar-refractivity contribution >= 4 is 12.0 Å². The number of rotatable bonds is 3. The molecule has 1 unspecified atom stereocenters. The average Bonchev–Trinajstić information content (AvgIpc) is 2.35. The summed E-state index contributed by atoms with van der Waals surface area (Å²) in [6, 6.07) is 4.43. The molecule has 2 rings (SSSR count). The number of ether oxygens (including phenoxy) is 1. The summed E-state index contributed by atoms with van der Waals surface area (Å²) < 4.78 is 5.38. The van der Waals surface area contributed by atoms with Crippen LogP contribution < -0.4 is 9.64 Å². The Labute approximate surface area is 121 Å². The first-order chi connectivity index (χ1) is 9.31. The summed E-state index contributed by atoms with van der Waals surface area (Å²) in [5.41, 5.74) is 3.20. The van der Waals surface area contributed by atoms with Gasteiger partial charge in [0.05, 0.1) is 12.7 Å². The molecule has 0 saturated heterocycles. The van der Waals surface area contributed by atoms with E-state index in [2.05, 4.69) is 39.5 Å². The number of benzene rings is 1. The summed E-state index contributed by atoms with van der Waals surface area (Å²) in [6.45, 7) is 11.2. The van der Waals surface area contributed by atoms with Gasteiger partial charge in [0, 0.05) is 23.3 Å². The van der Waals surface area contributed by atoms with E-state index in [1.165, 1.54) is 11.3 Å². The van der Waals surface area contributed by atoms with E-state index < -0.39 is 0 Å². The van der Waals surface area contributed by atoms with Crippen molar-refractivity contribution in [1.82, 2.24) is 0 Å². The Morgan fingerprint density at radius 1 is 1.40 bits per heavy atom. The third-order valence-corrected chi connectivity index (χ3v) is 4.27. The lowest BCUT2D eigenvalue weighted by atomic mass is 9.78. The van der Waals surface area contributed by atoms with Gasteiger partial charge in [0.2, 0.25) is 0 Å². The van der Waals surface area contributed by atoms with Crippen LogP contribution in [0.15, 0.2) is 12.1 Å². The van der Waals surface area contributed by atoms with Gasteiger partial charge >= 0.3 is 0 Å². The first kappa shape index (κ1) is 14.9. The molecule has 1 aromatic carbocycles. The first-order valence-electron chi connectivity index (χ1n) is 7.28. The Hall–Kier alpha value is -1.51. The second kappa shape index (κ2) is 5.12. The topological polar surface area (TPSA) is 29.5 Å². The van der Waals surface area contributed by atoms with E-state index in [-0.39, 0.29) is 5.54 Å². The van der Waals surface area contributed by atoms with Crippen molar-refractivity contribution in [2.24, 2.45) is 0 Å². The molecule has 1 aromatic rings. The molecule has 0 radical (unpaired) electrons. The summed E-state index contributed by atoms with van der Waals surface area (Å²) in [5, 5.41) is 0.